The Morgan fingerprint density at radius 1 is 0.500 bits per heavy atom. The van der Waals surface area contributed by atoms with E-state index < -0.39 is 49.5 Å². The third-order valence-electron chi connectivity index (χ3n) is 14.0. The molecule has 0 aromatic heterocycles. The largest absolute Gasteiger partial charge is 0.466 e. The summed E-state index contributed by atoms with van der Waals surface area (Å²) < 4.78 is 16.7. The topological polar surface area (TPSA) is 175 Å². The van der Waals surface area contributed by atoms with Crippen molar-refractivity contribution in [2.24, 2.45) is 0 Å². The number of aliphatic hydroxyl groups excluding tert-OH is 5. The maximum Gasteiger partial charge on any atom is 0.305 e. The van der Waals surface area contributed by atoms with Gasteiger partial charge in [0.05, 0.1) is 32.0 Å². The summed E-state index contributed by atoms with van der Waals surface area (Å²) in [5.41, 5.74) is 0. The van der Waals surface area contributed by atoms with Crippen LogP contribution in [0.1, 0.15) is 251 Å². The summed E-state index contributed by atoms with van der Waals surface area (Å²) in [5.74, 6) is -0.253. The molecule has 1 saturated heterocycles. The quantitative estimate of drug-likeness (QED) is 0.0149. The summed E-state index contributed by atoms with van der Waals surface area (Å²) in [6, 6.07) is -0.845. The molecule has 6 N–H and O–H groups in total. The fourth-order valence-electron chi connectivity index (χ4n) is 9.00. The van der Waals surface area contributed by atoms with Crippen LogP contribution in [0.25, 0.3) is 0 Å². The molecule has 0 aliphatic carbocycles. The number of rotatable bonds is 52. The Morgan fingerprint density at radius 3 is 1.50 bits per heavy atom. The molecule has 7 unspecified atom stereocenters. The molecule has 0 aromatic rings. The lowest BCUT2D eigenvalue weighted by Gasteiger charge is -2.40. The SMILES string of the molecule is CCCC/C=C\C/C=C\CCCCCCCC(=O)OCCCCC/C=C\C=C/CCCCCCCCCCCCC(=O)NC(COC1OC(CO)C(O)C(O)C1O)C(O)/C=C/CC/C=C/CC/C=C/CCCCCCC. The minimum Gasteiger partial charge on any atom is -0.466 e. The Kier molecular flexibility index (Phi) is 50.2. The van der Waals surface area contributed by atoms with Crippen LogP contribution in [-0.2, 0) is 23.8 Å². The highest BCUT2D eigenvalue weighted by atomic mass is 16.7. The van der Waals surface area contributed by atoms with Crippen molar-refractivity contribution < 1.29 is 49.3 Å². The average Bonchev–Trinajstić information content (AvgIpc) is 3.42. The average molecular weight is 1070 g/mol. The van der Waals surface area contributed by atoms with Crippen LogP contribution in [-0.4, -0.2) is 100 Å². The van der Waals surface area contributed by atoms with Crippen molar-refractivity contribution in [3.63, 3.8) is 0 Å². The first-order valence-electron chi connectivity index (χ1n) is 30.9. The molecule has 0 radical (unpaired) electrons. The van der Waals surface area contributed by atoms with E-state index in [2.05, 4.69) is 92.1 Å². The number of ether oxygens (including phenoxy) is 3. The summed E-state index contributed by atoms with van der Waals surface area (Å²) in [6.45, 7) is 4.20. The molecule has 1 fully saturated rings. The molecule has 0 saturated carbocycles. The zero-order valence-corrected chi connectivity index (χ0v) is 48.2. The van der Waals surface area contributed by atoms with Crippen molar-refractivity contribution in [1.82, 2.24) is 5.32 Å². The Labute approximate surface area is 463 Å². The number of hydrogen-bond donors (Lipinski definition) is 6. The summed E-state index contributed by atoms with van der Waals surface area (Å²) in [4.78, 5) is 25.1. The maximum atomic E-state index is 13.0. The molecule has 76 heavy (non-hydrogen) atoms. The molecular formula is C65H113NO10. The highest BCUT2D eigenvalue weighted by molar-refractivity contribution is 5.76. The van der Waals surface area contributed by atoms with Gasteiger partial charge in [0, 0.05) is 12.8 Å². The van der Waals surface area contributed by atoms with E-state index in [1.807, 2.05) is 6.08 Å². The van der Waals surface area contributed by atoms with Crippen molar-refractivity contribution in [3.05, 3.63) is 85.1 Å². The minimum atomic E-state index is -1.59. The van der Waals surface area contributed by atoms with E-state index >= 15 is 0 Å². The standard InChI is InChI=1S/C65H113NO10/c1-3-5-7-9-11-13-15-17-24-27-31-35-39-43-47-51-58(68)57(56-75-65-64(73)63(72)62(71)59(55-67)76-65)66-60(69)52-48-44-40-36-32-28-25-22-20-19-21-23-26-30-34-38-42-46-50-54-74-61(70)53-49-45-41-37-33-29-18-16-14-12-10-8-6-4-2/h10,12,15-18,23,26,30-31,34-35,47,51,57-59,62-65,67-68,71-73H,3-9,11,13-14,19-22,24-25,27-29,32-33,36-46,48-50,52-56H2,1-2H3,(H,66,69)/b12-10-,17-15+,18-16-,26-23-,34-30-,35-31+,51-47+. The van der Waals surface area contributed by atoms with Crippen molar-refractivity contribution in [2.75, 3.05) is 19.8 Å². The second-order valence-corrected chi connectivity index (χ2v) is 21.1. The van der Waals surface area contributed by atoms with E-state index in [-0.39, 0.29) is 18.5 Å². The smallest absolute Gasteiger partial charge is 0.305 e. The number of allylic oxidation sites excluding steroid dienone is 13. The molecule has 1 aliphatic rings. The van der Waals surface area contributed by atoms with Crippen LogP contribution in [0.3, 0.4) is 0 Å². The van der Waals surface area contributed by atoms with Gasteiger partial charge in [-0.2, -0.15) is 0 Å². The first kappa shape index (κ1) is 70.9. The van der Waals surface area contributed by atoms with Gasteiger partial charge in [0.2, 0.25) is 5.91 Å². The van der Waals surface area contributed by atoms with Gasteiger partial charge >= 0.3 is 5.97 Å². The number of carbonyl (C=O) groups excluding carboxylic acids is 2. The van der Waals surface area contributed by atoms with Gasteiger partial charge in [-0.05, 0) is 116 Å². The predicted molar refractivity (Wildman–Crippen MR) is 315 cm³/mol. The number of amides is 1. The maximum absolute atomic E-state index is 13.0. The Balaban J connectivity index is 2.14. The lowest BCUT2D eigenvalue weighted by Crippen LogP contribution is -2.60. The van der Waals surface area contributed by atoms with Gasteiger partial charge in [0.15, 0.2) is 6.29 Å². The fraction of sp³-hybridized carbons (Fsp3) is 0.754. The van der Waals surface area contributed by atoms with Crippen molar-refractivity contribution in [1.29, 1.82) is 0 Å². The van der Waals surface area contributed by atoms with Gasteiger partial charge < -0.3 is 45.1 Å². The zero-order valence-electron chi connectivity index (χ0n) is 48.2. The molecule has 11 heteroatoms. The number of nitrogens with one attached hydrogen (secondary N) is 1. The molecule has 438 valence electrons. The van der Waals surface area contributed by atoms with Gasteiger partial charge in [0.1, 0.15) is 24.4 Å². The fourth-order valence-corrected chi connectivity index (χ4v) is 9.00. The lowest BCUT2D eigenvalue weighted by molar-refractivity contribution is -0.302. The van der Waals surface area contributed by atoms with Gasteiger partial charge in [-0.25, -0.2) is 0 Å². The van der Waals surface area contributed by atoms with Crippen LogP contribution < -0.4 is 5.32 Å². The summed E-state index contributed by atoms with van der Waals surface area (Å²) in [5, 5.41) is 54.4. The molecule has 1 heterocycles. The first-order valence-corrected chi connectivity index (χ1v) is 30.9. The second kappa shape index (κ2) is 53.8. The molecule has 1 aliphatic heterocycles. The third kappa shape index (κ3) is 42.8. The summed E-state index contributed by atoms with van der Waals surface area (Å²) >= 11 is 0. The Morgan fingerprint density at radius 2 is 0.947 bits per heavy atom. The van der Waals surface area contributed by atoms with E-state index in [1.54, 1.807) is 6.08 Å². The third-order valence-corrected chi connectivity index (χ3v) is 14.0. The predicted octanol–water partition coefficient (Wildman–Crippen LogP) is 14.6. The molecule has 11 nitrogen and oxygen atoms in total. The number of esters is 1. The van der Waals surface area contributed by atoms with Crippen LogP contribution in [0.5, 0.6) is 0 Å². The van der Waals surface area contributed by atoms with Crippen LogP contribution >= 0.6 is 0 Å². The molecule has 7 atom stereocenters. The summed E-state index contributed by atoms with van der Waals surface area (Å²) in [7, 11) is 0. The Bertz CT molecular complexity index is 1540. The molecule has 0 spiro atoms. The van der Waals surface area contributed by atoms with E-state index in [4.69, 9.17) is 14.2 Å². The zero-order chi connectivity index (χ0) is 55.2. The highest BCUT2D eigenvalue weighted by Crippen LogP contribution is 2.23. The van der Waals surface area contributed by atoms with Crippen LogP contribution in [0.2, 0.25) is 0 Å². The first-order chi connectivity index (χ1) is 37.2. The Hall–Kier alpha value is -3.16. The summed E-state index contributed by atoms with van der Waals surface area (Å²) in [6.07, 6.45) is 62.4. The minimum absolute atomic E-state index is 0.0450. The molecule has 0 bridgehead atoms. The van der Waals surface area contributed by atoms with Crippen molar-refractivity contribution in [2.45, 2.75) is 294 Å². The number of aliphatic hydroxyl groups is 5. The van der Waals surface area contributed by atoms with Crippen molar-refractivity contribution in [3.8, 4) is 0 Å². The second-order valence-electron chi connectivity index (χ2n) is 21.1. The van der Waals surface area contributed by atoms with Gasteiger partial charge in [-0.1, -0.05) is 208 Å². The van der Waals surface area contributed by atoms with Gasteiger partial charge in [0.25, 0.3) is 0 Å². The van der Waals surface area contributed by atoms with E-state index in [1.165, 1.54) is 109 Å². The molecule has 1 amide bonds. The van der Waals surface area contributed by atoms with Crippen LogP contribution in [0.15, 0.2) is 85.1 Å². The van der Waals surface area contributed by atoms with E-state index in [9.17, 15) is 35.1 Å². The molecule has 1 rings (SSSR count). The van der Waals surface area contributed by atoms with Gasteiger partial charge in [-0.3, -0.25) is 9.59 Å². The molecule has 0 aromatic carbocycles. The highest BCUT2D eigenvalue weighted by Gasteiger charge is 2.44. The van der Waals surface area contributed by atoms with Crippen molar-refractivity contribution >= 4 is 11.9 Å². The number of unbranched alkanes of at least 4 members (excludes halogenated alkanes) is 27. The van der Waals surface area contributed by atoms with E-state index in [0.29, 0.717) is 19.4 Å². The number of hydrogen-bond acceptors (Lipinski definition) is 10. The van der Waals surface area contributed by atoms with Gasteiger partial charge in [-0.15, -0.1) is 0 Å². The van der Waals surface area contributed by atoms with Crippen LogP contribution in [0, 0.1) is 0 Å². The van der Waals surface area contributed by atoms with E-state index in [0.717, 1.165) is 116 Å². The lowest BCUT2D eigenvalue weighted by atomic mass is 9.99. The number of carbonyl (C=O) groups is 2. The van der Waals surface area contributed by atoms with Crippen LogP contribution in [0.4, 0.5) is 0 Å². The molecular weight excluding hydrogens is 955 g/mol. The monoisotopic (exact) mass is 1070 g/mol. The normalized spacial score (nSPS) is 19.3.